The number of amides is 1. The van der Waals surface area contributed by atoms with Crippen LogP contribution in [0.25, 0.3) is 0 Å². The highest BCUT2D eigenvalue weighted by molar-refractivity contribution is 7.58. The van der Waals surface area contributed by atoms with E-state index in [0.29, 0.717) is 19.1 Å². The van der Waals surface area contributed by atoms with Crippen LogP contribution < -0.4 is 11.1 Å². The van der Waals surface area contributed by atoms with E-state index in [-0.39, 0.29) is 5.91 Å². The van der Waals surface area contributed by atoms with Crippen molar-refractivity contribution in [2.24, 2.45) is 14.5 Å². The highest BCUT2D eigenvalue weighted by Crippen LogP contribution is 2.38. The molecule has 0 spiro atoms. The Balaban J connectivity index is 1.65. The van der Waals surface area contributed by atoms with Gasteiger partial charge < -0.3 is 11.1 Å². The van der Waals surface area contributed by atoms with Crippen LogP contribution in [-0.2, 0) is 16.1 Å². The maximum absolute atomic E-state index is 12.2. The molecular formula is C13H17N5OS. The molecule has 1 fully saturated rings. The van der Waals surface area contributed by atoms with Crippen molar-refractivity contribution in [1.82, 2.24) is 4.90 Å². The van der Waals surface area contributed by atoms with Crippen molar-refractivity contribution in [1.29, 1.82) is 0 Å². The van der Waals surface area contributed by atoms with Crippen LogP contribution in [0.1, 0.15) is 12.8 Å². The van der Waals surface area contributed by atoms with Crippen molar-refractivity contribution in [3.05, 3.63) is 18.2 Å². The SMILES string of the molecule is NCC1CCCN1CC(=O)Nc1cccc2c1N=S=N2. The van der Waals surface area contributed by atoms with Gasteiger partial charge in [0.25, 0.3) is 0 Å². The fraction of sp³-hybridized carbons (Fsp3) is 0.462. The normalized spacial score (nSPS) is 20.8. The lowest BCUT2D eigenvalue weighted by molar-refractivity contribution is -0.117. The standard InChI is InChI=1S/C13H17N5OS/c14-7-9-3-2-6-18(9)8-12(19)15-10-4-1-5-11-13(10)17-20-16-11/h1,4-5,9H,2-3,6-8,14H2,(H,15,19). The summed E-state index contributed by atoms with van der Waals surface area (Å²) in [6.45, 7) is 1.94. The molecule has 2 aliphatic rings. The van der Waals surface area contributed by atoms with Crippen molar-refractivity contribution < 1.29 is 4.79 Å². The minimum Gasteiger partial charge on any atom is -0.329 e. The first kappa shape index (κ1) is 13.4. The Hall–Kier alpha value is -1.57. The third-order valence-corrected chi connectivity index (χ3v) is 4.22. The van der Waals surface area contributed by atoms with E-state index in [1.54, 1.807) is 0 Å². The van der Waals surface area contributed by atoms with Crippen molar-refractivity contribution in [2.45, 2.75) is 18.9 Å². The fourth-order valence-corrected chi connectivity index (χ4v) is 3.20. The zero-order chi connectivity index (χ0) is 13.9. The van der Waals surface area contributed by atoms with Gasteiger partial charge in [-0.25, -0.2) is 0 Å². The molecule has 0 radical (unpaired) electrons. The van der Waals surface area contributed by atoms with Crippen LogP contribution in [0.15, 0.2) is 26.9 Å². The summed E-state index contributed by atoms with van der Waals surface area (Å²) in [7, 11) is 0. The Morgan fingerprint density at radius 2 is 2.40 bits per heavy atom. The number of nitrogens with zero attached hydrogens (tertiary/aromatic N) is 3. The Kier molecular flexibility index (Phi) is 3.90. The number of nitrogens with one attached hydrogen (secondary N) is 1. The Bertz CT molecular complexity index is 596. The molecule has 1 unspecified atom stereocenters. The van der Waals surface area contributed by atoms with Gasteiger partial charge in [-0.15, -0.1) is 0 Å². The average Bonchev–Trinajstić information content (AvgIpc) is 3.07. The van der Waals surface area contributed by atoms with Crippen LogP contribution in [-0.4, -0.2) is 36.5 Å². The molecular weight excluding hydrogens is 274 g/mol. The molecule has 2 aliphatic heterocycles. The second-order valence-electron chi connectivity index (χ2n) is 4.99. The number of anilines is 1. The number of rotatable bonds is 4. The first-order chi connectivity index (χ1) is 9.78. The molecule has 1 saturated heterocycles. The summed E-state index contributed by atoms with van der Waals surface area (Å²) in [5.74, 6) is -0.0224. The smallest absolute Gasteiger partial charge is 0.238 e. The van der Waals surface area contributed by atoms with Gasteiger partial charge in [-0.3, -0.25) is 9.69 Å². The number of fused-ring (bicyclic) bond motifs is 1. The highest BCUT2D eigenvalue weighted by Gasteiger charge is 2.25. The molecule has 1 atom stereocenters. The van der Waals surface area contributed by atoms with E-state index in [4.69, 9.17) is 5.73 Å². The summed E-state index contributed by atoms with van der Waals surface area (Å²) >= 11 is 1.15. The van der Waals surface area contributed by atoms with Crippen molar-refractivity contribution in [3.63, 3.8) is 0 Å². The molecule has 0 aliphatic carbocycles. The van der Waals surface area contributed by atoms with E-state index in [2.05, 4.69) is 18.9 Å². The second kappa shape index (κ2) is 5.82. The molecule has 2 heterocycles. The molecule has 20 heavy (non-hydrogen) atoms. The van der Waals surface area contributed by atoms with Crippen molar-refractivity contribution in [3.8, 4) is 0 Å². The summed E-state index contributed by atoms with van der Waals surface area (Å²) in [4.78, 5) is 14.3. The topological polar surface area (TPSA) is 83.1 Å². The first-order valence-corrected chi connectivity index (χ1v) is 7.46. The van der Waals surface area contributed by atoms with Crippen LogP contribution in [0.3, 0.4) is 0 Å². The van der Waals surface area contributed by atoms with E-state index in [1.165, 1.54) is 0 Å². The van der Waals surface area contributed by atoms with E-state index in [9.17, 15) is 4.79 Å². The number of hydrogen-bond acceptors (Lipinski definition) is 5. The Labute approximate surface area is 121 Å². The largest absolute Gasteiger partial charge is 0.329 e. The van der Waals surface area contributed by atoms with Gasteiger partial charge >= 0.3 is 0 Å². The molecule has 0 aromatic heterocycles. The second-order valence-corrected chi connectivity index (χ2v) is 5.52. The van der Waals surface area contributed by atoms with Gasteiger partial charge in [0.15, 0.2) is 0 Å². The van der Waals surface area contributed by atoms with Gasteiger partial charge in [-0.1, -0.05) is 6.07 Å². The fourth-order valence-electron chi connectivity index (χ4n) is 2.65. The van der Waals surface area contributed by atoms with Gasteiger partial charge in [0.1, 0.15) is 11.4 Å². The maximum Gasteiger partial charge on any atom is 0.238 e. The van der Waals surface area contributed by atoms with E-state index >= 15 is 0 Å². The quantitative estimate of drug-likeness (QED) is 0.900. The summed E-state index contributed by atoms with van der Waals surface area (Å²) in [6, 6.07) is 5.95. The van der Waals surface area contributed by atoms with Crippen LogP contribution in [0.5, 0.6) is 0 Å². The molecule has 0 saturated carbocycles. The summed E-state index contributed by atoms with van der Waals surface area (Å²) in [6.07, 6.45) is 2.19. The molecule has 0 bridgehead atoms. The van der Waals surface area contributed by atoms with Crippen LogP contribution in [0.2, 0.25) is 0 Å². The lowest BCUT2D eigenvalue weighted by atomic mass is 10.2. The molecule has 7 heteroatoms. The van der Waals surface area contributed by atoms with Gasteiger partial charge in [-0.05, 0) is 31.5 Å². The zero-order valence-electron chi connectivity index (χ0n) is 11.1. The number of hydrogen-bond donors (Lipinski definition) is 2. The molecule has 3 N–H and O–H groups in total. The predicted octanol–water partition coefficient (Wildman–Crippen LogP) is 1.77. The Morgan fingerprint density at radius 3 is 3.25 bits per heavy atom. The average molecular weight is 291 g/mol. The third kappa shape index (κ3) is 2.65. The lowest BCUT2D eigenvalue weighted by Crippen LogP contribution is -2.40. The molecule has 1 aromatic rings. The van der Waals surface area contributed by atoms with Crippen LogP contribution >= 0.6 is 0 Å². The summed E-state index contributed by atoms with van der Waals surface area (Å²) in [5.41, 5.74) is 8.02. The Morgan fingerprint density at radius 1 is 1.50 bits per heavy atom. The van der Waals surface area contributed by atoms with Crippen LogP contribution in [0.4, 0.5) is 17.1 Å². The van der Waals surface area contributed by atoms with Gasteiger partial charge in [-0.2, -0.15) is 8.73 Å². The van der Waals surface area contributed by atoms with Gasteiger partial charge in [0.05, 0.1) is 23.6 Å². The van der Waals surface area contributed by atoms with Gasteiger partial charge in [0, 0.05) is 12.6 Å². The van der Waals surface area contributed by atoms with Crippen molar-refractivity contribution >= 4 is 34.3 Å². The van der Waals surface area contributed by atoms with Crippen molar-refractivity contribution in [2.75, 3.05) is 25.0 Å². The minimum atomic E-state index is -0.0224. The molecule has 106 valence electrons. The van der Waals surface area contributed by atoms with E-state index in [0.717, 1.165) is 47.8 Å². The highest BCUT2D eigenvalue weighted by atomic mass is 32.1. The lowest BCUT2D eigenvalue weighted by Gasteiger charge is -2.22. The number of nitrogens with two attached hydrogens (primary N) is 1. The summed E-state index contributed by atoms with van der Waals surface area (Å²) in [5, 5.41) is 2.93. The van der Waals surface area contributed by atoms with Gasteiger partial charge in [0.2, 0.25) is 5.91 Å². The van der Waals surface area contributed by atoms with E-state index in [1.807, 2.05) is 18.2 Å². The number of likely N-dealkylation sites (tertiary alicyclic amines) is 1. The monoisotopic (exact) mass is 291 g/mol. The zero-order valence-corrected chi connectivity index (χ0v) is 11.9. The van der Waals surface area contributed by atoms with E-state index < -0.39 is 0 Å². The molecule has 6 nitrogen and oxygen atoms in total. The molecule has 3 rings (SSSR count). The number of carbonyl (C=O) groups excluding carboxylic acids is 1. The first-order valence-electron chi connectivity index (χ1n) is 6.73. The summed E-state index contributed by atoms with van der Waals surface area (Å²) < 4.78 is 8.38. The number of carbonyl (C=O) groups is 1. The minimum absolute atomic E-state index is 0.0224. The third-order valence-electron chi connectivity index (χ3n) is 3.68. The number of benzene rings is 1. The van der Waals surface area contributed by atoms with Crippen LogP contribution in [0, 0.1) is 0 Å². The molecule has 1 amide bonds. The molecule has 1 aromatic carbocycles. The predicted molar refractivity (Wildman–Crippen MR) is 80.3 cm³/mol. The maximum atomic E-state index is 12.2.